The Kier molecular flexibility index (Phi) is 30.3. The molecule has 0 bridgehead atoms. The topological polar surface area (TPSA) is 108 Å². The van der Waals surface area contributed by atoms with Crippen molar-refractivity contribution in [3.8, 4) is 0 Å². The highest BCUT2D eigenvalue weighted by Gasteiger charge is 2.21. The van der Waals surface area contributed by atoms with Crippen LogP contribution in [0, 0.1) is 0 Å². The average Bonchev–Trinajstić information content (AvgIpc) is 3.99. The summed E-state index contributed by atoms with van der Waals surface area (Å²) >= 11 is 0. The van der Waals surface area contributed by atoms with Crippen LogP contribution in [0.1, 0.15) is 154 Å². The average molecular weight is 651 g/mol. The lowest BCUT2D eigenvalue weighted by atomic mass is 10.0. The van der Waals surface area contributed by atoms with Gasteiger partial charge in [-0.1, -0.05) is 128 Å². The molecule has 2 atom stereocenters. The van der Waals surface area contributed by atoms with Crippen LogP contribution in [0.5, 0.6) is 0 Å². The molecule has 0 N–H and O–H groups in total. The van der Waals surface area contributed by atoms with E-state index < -0.39 is 0 Å². The van der Waals surface area contributed by atoms with E-state index in [1.807, 2.05) is 0 Å². The van der Waals surface area contributed by atoms with Crippen molar-refractivity contribution in [2.75, 3.05) is 52.9 Å². The summed E-state index contributed by atoms with van der Waals surface area (Å²) in [6, 6.07) is 0. The van der Waals surface area contributed by atoms with Crippen LogP contribution < -0.4 is 0 Å². The van der Waals surface area contributed by atoms with Gasteiger partial charge in [0.05, 0.1) is 51.8 Å². The molecule has 0 aromatic carbocycles. The van der Waals surface area contributed by atoms with Crippen molar-refractivity contribution in [1.29, 1.82) is 0 Å². The van der Waals surface area contributed by atoms with Crippen molar-refractivity contribution in [1.82, 2.24) is 0 Å². The van der Waals surface area contributed by atoms with Gasteiger partial charge in [0.1, 0.15) is 13.2 Å². The second-order valence-electron chi connectivity index (χ2n) is 12.4. The van der Waals surface area contributed by atoms with Gasteiger partial charge in [-0.15, -0.1) is 0 Å². The molecule has 268 valence electrons. The lowest BCUT2D eigenvalue weighted by Crippen LogP contribution is -2.10. The molecule has 11 nitrogen and oxygen atoms in total. The monoisotopic (exact) mass is 650 g/mol. The maximum absolute atomic E-state index is 5.30. The summed E-state index contributed by atoms with van der Waals surface area (Å²) in [6.07, 6.45) is 31.9. The molecule has 11 heteroatoms. The summed E-state index contributed by atoms with van der Waals surface area (Å²) in [5.74, 6) is 0. The van der Waals surface area contributed by atoms with Crippen LogP contribution in [0.15, 0.2) is 0 Å². The molecule has 2 unspecified atom stereocenters. The molecule has 45 heavy (non-hydrogen) atoms. The first-order valence-corrected chi connectivity index (χ1v) is 18.4. The maximum Gasteiger partial charge on any atom is 0.109 e. The van der Waals surface area contributed by atoms with Gasteiger partial charge in [0.2, 0.25) is 0 Å². The summed E-state index contributed by atoms with van der Waals surface area (Å²) in [5.41, 5.74) is 0. The molecule has 0 aromatic rings. The van der Waals surface area contributed by atoms with Crippen molar-refractivity contribution in [3.05, 3.63) is 0 Å². The zero-order valence-electron chi connectivity index (χ0n) is 28.3. The first-order valence-electron chi connectivity index (χ1n) is 18.4. The Hall–Kier alpha value is -0.440. The lowest BCUT2D eigenvalue weighted by molar-refractivity contribution is -0.636. The Balaban J connectivity index is 1.09. The third-order valence-corrected chi connectivity index (χ3v) is 8.18. The molecule has 0 amide bonds. The third-order valence-electron chi connectivity index (χ3n) is 8.18. The summed E-state index contributed by atoms with van der Waals surface area (Å²) in [5, 5.41) is 18.1. The summed E-state index contributed by atoms with van der Waals surface area (Å²) < 4.78 is 15.8. The van der Waals surface area contributed by atoms with Crippen LogP contribution in [0.2, 0.25) is 0 Å². The molecule has 2 saturated heterocycles. The lowest BCUT2D eigenvalue weighted by Gasteiger charge is -2.05. The van der Waals surface area contributed by atoms with Crippen molar-refractivity contribution in [3.63, 3.8) is 0 Å². The molecule has 2 aliphatic heterocycles. The van der Waals surface area contributed by atoms with Crippen molar-refractivity contribution < 1.29 is 53.9 Å². The van der Waals surface area contributed by atoms with Crippen LogP contribution in [0.25, 0.3) is 0 Å². The highest BCUT2D eigenvalue weighted by Crippen LogP contribution is 2.19. The number of rotatable bonds is 40. The van der Waals surface area contributed by atoms with Gasteiger partial charge in [0.25, 0.3) is 0 Å². The van der Waals surface area contributed by atoms with Crippen molar-refractivity contribution in [2.24, 2.45) is 0 Å². The minimum absolute atomic E-state index is 0.191. The van der Waals surface area contributed by atoms with E-state index in [1.165, 1.54) is 128 Å². The normalized spacial score (nSPS) is 17.3. The Morgan fingerprint density at radius 3 is 0.889 bits per heavy atom. The van der Waals surface area contributed by atoms with E-state index in [0.717, 1.165) is 38.9 Å². The Bertz CT molecular complexity index is 530. The minimum Gasteiger partial charge on any atom is -0.376 e. The van der Waals surface area contributed by atoms with Crippen LogP contribution in [-0.2, 0) is 53.9 Å². The molecule has 0 aliphatic carbocycles. The van der Waals surface area contributed by atoms with Crippen LogP contribution in [-0.4, -0.2) is 65.1 Å². The van der Waals surface area contributed by atoms with Crippen LogP contribution in [0.4, 0.5) is 0 Å². The second-order valence-corrected chi connectivity index (χ2v) is 12.4. The van der Waals surface area contributed by atoms with Gasteiger partial charge < -0.3 is 14.2 Å². The smallest absolute Gasteiger partial charge is 0.109 e. The highest BCUT2D eigenvalue weighted by atomic mass is 17.7. The minimum atomic E-state index is 0.191. The predicted octanol–water partition coefficient (Wildman–Crippen LogP) is 8.79. The molecular formula is C34H66O11. The van der Waals surface area contributed by atoms with E-state index in [0.29, 0.717) is 38.6 Å². The largest absolute Gasteiger partial charge is 0.376 e. The first-order chi connectivity index (χ1) is 22.4. The highest BCUT2D eigenvalue weighted by molar-refractivity contribution is 4.68. The van der Waals surface area contributed by atoms with Gasteiger partial charge in [0.15, 0.2) is 0 Å². The Morgan fingerprint density at radius 2 is 0.578 bits per heavy atom. The van der Waals surface area contributed by atoms with Crippen molar-refractivity contribution in [2.45, 2.75) is 166 Å². The molecule has 0 spiro atoms. The van der Waals surface area contributed by atoms with Crippen molar-refractivity contribution >= 4 is 0 Å². The van der Waals surface area contributed by atoms with Crippen LogP contribution >= 0.6 is 0 Å². The van der Waals surface area contributed by atoms with Gasteiger partial charge in [-0.25, -0.2) is 19.6 Å². The number of hydrogen-bond donors (Lipinski definition) is 0. The molecule has 2 heterocycles. The first kappa shape index (κ1) is 40.7. The van der Waals surface area contributed by atoms with Crippen LogP contribution in [0.3, 0.4) is 0 Å². The standard InChI is InChI=1S/C34H66O11/c1(3-7-11-15-19-23-33-31-36-33)5-9-13-17-21-25-38-42-44-40-29-27-35-28-30-41-45-43-39-26-22-18-14-10-6-2-4-8-12-16-20-24-34-32-37-34/h33-34H,1-32H2. The number of hydrogen-bond acceptors (Lipinski definition) is 11. The second kappa shape index (κ2) is 33.5. The van der Waals surface area contributed by atoms with E-state index in [9.17, 15) is 0 Å². The fourth-order valence-corrected chi connectivity index (χ4v) is 5.22. The van der Waals surface area contributed by atoms with E-state index >= 15 is 0 Å². The molecule has 2 fully saturated rings. The fraction of sp³-hybridized carbons (Fsp3) is 1.00. The number of unbranched alkanes of at least 4 members (excludes halogenated alkanes) is 20. The predicted molar refractivity (Wildman–Crippen MR) is 169 cm³/mol. The summed E-state index contributed by atoms with van der Waals surface area (Å²) in [6.45, 7) is 3.94. The van der Waals surface area contributed by atoms with Gasteiger partial charge >= 0.3 is 0 Å². The number of epoxide rings is 2. The number of ether oxygens (including phenoxy) is 3. The Morgan fingerprint density at radius 1 is 0.311 bits per heavy atom. The Labute approximate surface area is 273 Å². The van der Waals surface area contributed by atoms with E-state index in [4.69, 9.17) is 33.8 Å². The quantitative estimate of drug-likeness (QED) is 0.0275. The van der Waals surface area contributed by atoms with Gasteiger partial charge in [-0.2, -0.15) is 0 Å². The maximum atomic E-state index is 5.30. The van der Waals surface area contributed by atoms with Gasteiger partial charge in [-0.05, 0) is 45.8 Å². The van der Waals surface area contributed by atoms with Gasteiger partial charge in [0, 0.05) is 0 Å². The molecule has 0 saturated carbocycles. The summed E-state index contributed by atoms with van der Waals surface area (Å²) in [4.78, 5) is 19.5. The molecule has 0 radical (unpaired) electrons. The molecule has 0 aromatic heterocycles. The molecule has 2 aliphatic rings. The molecular weight excluding hydrogens is 584 g/mol. The van der Waals surface area contributed by atoms with E-state index in [1.54, 1.807) is 0 Å². The SMILES string of the molecule is C(CCCCCCOOOOCCOCCOOOOCCCCCCCCCCCCCC1CO1)CCCCCCC1CO1. The third kappa shape index (κ3) is 33.3. The summed E-state index contributed by atoms with van der Waals surface area (Å²) in [7, 11) is 0. The zero-order valence-corrected chi connectivity index (χ0v) is 28.3. The molecule has 2 rings (SSSR count). The zero-order chi connectivity index (χ0) is 31.6. The van der Waals surface area contributed by atoms with E-state index in [2.05, 4.69) is 20.2 Å². The van der Waals surface area contributed by atoms with Gasteiger partial charge in [-0.3, -0.25) is 0 Å². The fourth-order valence-electron chi connectivity index (χ4n) is 5.22. The van der Waals surface area contributed by atoms with E-state index in [-0.39, 0.29) is 13.2 Å².